The fourth-order valence-corrected chi connectivity index (χ4v) is 6.07. The third kappa shape index (κ3) is 6.00. The molecule has 3 aliphatic rings. The Kier molecular flexibility index (Phi) is 7.75. The molecule has 0 spiro atoms. The van der Waals surface area contributed by atoms with Crippen LogP contribution in [-0.4, -0.2) is 60.0 Å². The summed E-state index contributed by atoms with van der Waals surface area (Å²) in [6, 6.07) is 14.4. The van der Waals surface area contributed by atoms with E-state index in [0.717, 1.165) is 66.7 Å². The second kappa shape index (κ2) is 11.1. The molecule has 2 aromatic carbocycles. The van der Waals surface area contributed by atoms with Crippen LogP contribution in [0.25, 0.3) is 10.6 Å². The van der Waals surface area contributed by atoms with Gasteiger partial charge >= 0.3 is 6.18 Å². The van der Waals surface area contributed by atoms with Gasteiger partial charge in [0.2, 0.25) is 11.6 Å². The smallest absolute Gasteiger partial charge is 0.430 e. The molecule has 1 amide bonds. The minimum atomic E-state index is -5.19. The predicted molar refractivity (Wildman–Crippen MR) is 141 cm³/mol. The lowest BCUT2D eigenvalue weighted by Crippen LogP contribution is -2.37. The molecule has 1 atom stereocenters. The van der Waals surface area contributed by atoms with E-state index in [-0.39, 0.29) is 11.8 Å². The molecule has 1 aromatic heterocycles. The first-order valence-electron chi connectivity index (χ1n) is 12.4. The van der Waals surface area contributed by atoms with Crippen LogP contribution in [0.4, 0.5) is 24.5 Å². The van der Waals surface area contributed by atoms with Gasteiger partial charge in [0.1, 0.15) is 15.9 Å². The molecule has 1 fully saturated rings. The van der Waals surface area contributed by atoms with Crippen LogP contribution in [0.5, 0.6) is 0 Å². The lowest BCUT2D eigenvalue weighted by atomic mass is 10.1. The summed E-state index contributed by atoms with van der Waals surface area (Å²) in [7, 11) is 0. The molecular formula is C27H24ClF3N4O3S. The molecule has 7 nitrogen and oxygen atoms in total. The largest absolute Gasteiger partial charge is 0.542 e. The Balaban J connectivity index is 0.000000392. The van der Waals surface area contributed by atoms with Crippen molar-refractivity contribution >= 4 is 52.4 Å². The van der Waals surface area contributed by atoms with Crippen molar-refractivity contribution in [2.24, 2.45) is 5.92 Å². The number of carbonyl (C=O) groups is 2. The number of carboxylic acids is 1. The third-order valence-electron chi connectivity index (χ3n) is 6.88. The van der Waals surface area contributed by atoms with Crippen LogP contribution >= 0.6 is 22.9 Å². The van der Waals surface area contributed by atoms with Crippen molar-refractivity contribution in [1.29, 1.82) is 0 Å². The molecule has 39 heavy (non-hydrogen) atoms. The van der Waals surface area contributed by atoms with Crippen molar-refractivity contribution in [3.63, 3.8) is 0 Å². The molecule has 4 heterocycles. The van der Waals surface area contributed by atoms with Crippen LogP contribution in [0.2, 0.25) is 5.02 Å². The number of thiazole rings is 1. The molecule has 3 aromatic rings. The van der Waals surface area contributed by atoms with Crippen LogP contribution < -0.4 is 15.3 Å². The predicted octanol–water partition coefficient (Wildman–Crippen LogP) is 3.58. The van der Waals surface area contributed by atoms with Crippen LogP contribution in [0.15, 0.2) is 42.5 Å². The van der Waals surface area contributed by atoms with Crippen molar-refractivity contribution < 1.29 is 32.4 Å². The van der Waals surface area contributed by atoms with Gasteiger partial charge in [0, 0.05) is 41.5 Å². The fourth-order valence-electron chi connectivity index (χ4n) is 4.88. The summed E-state index contributed by atoms with van der Waals surface area (Å²) in [6.45, 7) is 3.45. The van der Waals surface area contributed by atoms with Gasteiger partial charge in [-0.25, -0.2) is 4.98 Å². The molecule has 0 bridgehead atoms. The van der Waals surface area contributed by atoms with E-state index >= 15 is 0 Å². The lowest BCUT2D eigenvalue weighted by molar-refractivity contribution is -0.436. The van der Waals surface area contributed by atoms with E-state index in [9.17, 15) is 18.0 Å². The van der Waals surface area contributed by atoms with Gasteiger partial charge in [0.05, 0.1) is 18.0 Å². The number of halogens is 4. The molecule has 0 radical (unpaired) electrons. The highest BCUT2D eigenvalue weighted by Crippen LogP contribution is 2.35. The number of nitrogens with zero attached hydrogens (tertiary/aromatic N) is 3. The van der Waals surface area contributed by atoms with Crippen molar-refractivity contribution in [2.45, 2.75) is 25.4 Å². The molecule has 1 N–H and O–H groups in total. The van der Waals surface area contributed by atoms with Gasteiger partial charge in [-0.1, -0.05) is 23.7 Å². The van der Waals surface area contributed by atoms with Gasteiger partial charge < -0.3 is 20.1 Å². The number of carbonyl (C=O) groups excluding carboxylic acids is 2. The average Bonchev–Trinajstić information content (AvgIpc) is 3.67. The Hall–Kier alpha value is -3.28. The number of rotatable bonds is 3. The second-order valence-electron chi connectivity index (χ2n) is 9.44. The molecular weight excluding hydrogens is 553 g/mol. The molecule has 12 heteroatoms. The van der Waals surface area contributed by atoms with E-state index in [1.165, 1.54) is 21.8 Å². The molecule has 6 rings (SSSR count). The Morgan fingerprint density at radius 2 is 1.90 bits per heavy atom. The number of aliphatic carboxylic acids is 1. The minimum Gasteiger partial charge on any atom is -0.542 e. The van der Waals surface area contributed by atoms with Crippen molar-refractivity contribution in [2.75, 3.05) is 31.1 Å². The van der Waals surface area contributed by atoms with Crippen LogP contribution in [-0.2, 0) is 22.4 Å². The van der Waals surface area contributed by atoms with Crippen molar-refractivity contribution in [3.05, 3.63) is 63.6 Å². The number of hydrogen-bond acceptors (Lipinski definition) is 6. The van der Waals surface area contributed by atoms with Crippen LogP contribution in [0.3, 0.4) is 0 Å². The Morgan fingerprint density at radius 1 is 1.15 bits per heavy atom. The highest BCUT2D eigenvalue weighted by atomic mass is 35.5. The molecule has 1 saturated heterocycles. The molecule has 204 valence electrons. The van der Waals surface area contributed by atoms with Crippen molar-refractivity contribution in [3.8, 4) is 10.6 Å². The molecule has 1 unspecified atom stereocenters. The van der Waals surface area contributed by atoms with Crippen molar-refractivity contribution in [1.82, 2.24) is 10.3 Å². The molecule has 0 aliphatic carbocycles. The Morgan fingerprint density at radius 3 is 2.56 bits per heavy atom. The number of anilines is 1. The minimum absolute atomic E-state index is 0.121. The topological polar surface area (TPSA) is 88.4 Å². The second-order valence-corrected chi connectivity index (χ2v) is 10.9. The van der Waals surface area contributed by atoms with Crippen LogP contribution in [0.1, 0.15) is 22.6 Å². The maximum atomic E-state index is 12.9. The Bertz CT molecular complexity index is 1430. The summed E-state index contributed by atoms with van der Waals surface area (Å²) in [5.74, 6) is -2.61. The SMILES string of the molecule is O=C(C1CCNC1)N1CCc2cc([N+]3=Cc4sc(-c5ccc(Cl)cc5)nc4CC3)ccc21.O=C([O-])C(F)(F)F. The fraction of sp³-hybridized carbons (Fsp3) is 0.333. The summed E-state index contributed by atoms with van der Waals surface area (Å²) >= 11 is 7.76. The quantitative estimate of drug-likeness (QED) is 0.482. The standard InChI is InChI=1S/C25H24ClN4OS.C2HF3O2/c26-19-3-1-16(2-4-19)24-28-21-9-11-29(15-23(21)32-24)20-5-6-22-17(13-20)8-12-30(22)25(31)18-7-10-27-14-18;3-2(4,5)1(6)7/h1-6,13,15,18,27H,7-12,14H2;(H,6,7)/q+1;/p-1. The third-order valence-corrected chi connectivity index (χ3v) is 8.21. The first kappa shape index (κ1) is 27.3. The van der Waals surface area contributed by atoms with Gasteiger partial charge in [-0.2, -0.15) is 17.7 Å². The van der Waals surface area contributed by atoms with E-state index in [1.807, 2.05) is 29.2 Å². The van der Waals surface area contributed by atoms with E-state index in [0.29, 0.717) is 0 Å². The number of benzene rings is 2. The number of carboxylic acid groups (broad SMARTS) is 1. The lowest BCUT2D eigenvalue weighted by Gasteiger charge is -2.20. The van der Waals surface area contributed by atoms with E-state index < -0.39 is 12.1 Å². The van der Waals surface area contributed by atoms with E-state index in [4.69, 9.17) is 26.5 Å². The number of hydrogen-bond donors (Lipinski definition) is 1. The zero-order chi connectivity index (χ0) is 27.7. The van der Waals surface area contributed by atoms with Gasteiger partial charge in [-0.05, 0) is 43.1 Å². The monoisotopic (exact) mass is 576 g/mol. The highest BCUT2D eigenvalue weighted by molar-refractivity contribution is 7.16. The normalized spacial score (nSPS) is 18.1. The number of fused-ring (bicyclic) bond motifs is 2. The summed E-state index contributed by atoms with van der Waals surface area (Å²) in [6.07, 6.45) is -0.178. The summed E-state index contributed by atoms with van der Waals surface area (Å²) in [5.41, 5.74) is 5.82. The maximum Gasteiger partial charge on any atom is 0.430 e. The molecule has 0 saturated carbocycles. The number of amides is 1. The maximum absolute atomic E-state index is 12.9. The zero-order valence-corrected chi connectivity index (χ0v) is 22.2. The summed E-state index contributed by atoms with van der Waals surface area (Å²) in [5, 5.41) is 13.9. The zero-order valence-electron chi connectivity index (χ0n) is 20.6. The van der Waals surface area contributed by atoms with Gasteiger partial charge in [0.15, 0.2) is 12.8 Å². The number of aromatic nitrogens is 1. The Labute approximate surface area is 231 Å². The van der Waals surface area contributed by atoms with Crippen LogP contribution in [0, 0.1) is 5.92 Å². The van der Waals surface area contributed by atoms with Gasteiger partial charge in [-0.15, -0.1) is 11.3 Å². The number of nitrogens with one attached hydrogen (secondary N) is 1. The van der Waals surface area contributed by atoms with E-state index in [1.54, 1.807) is 11.3 Å². The van der Waals surface area contributed by atoms with Gasteiger partial charge in [0.25, 0.3) is 0 Å². The first-order valence-corrected chi connectivity index (χ1v) is 13.6. The number of alkyl halides is 3. The average molecular weight is 577 g/mol. The molecule has 3 aliphatic heterocycles. The van der Waals surface area contributed by atoms with Gasteiger partial charge in [-0.3, -0.25) is 4.79 Å². The summed E-state index contributed by atoms with van der Waals surface area (Å²) < 4.78 is 33.9. The first-order chi connectivity index (χ1) is 18.6. The van der Waals surface area contributed by atoms with E-state index in [2.05, 4.69) is 34.3 Å². The highest BCUT2D eigenvalue weighted by Gasteiger charge is 2.33. The summed E-state index contributed by atoms with van der Waals surface area (Å²) in [4.78, 5) is 29.8.